The second kappa shape index (κ2) is 14.8. The number of hydrogen-bond donors (Lipinski definition) is 4. The smallest absolute Gasteiger partial charge is 0.372 e. The Kier molecular flexibility index (Phi) is 11.2. The molecule has 15 heteroatoms. The summed E-state index contributed by atoms with van der Waals surface area (Å²) in [6, 6.07) is 1.99. The number of amides is 4. The maximum atomic E-state index is 12.2. The van der Waals surface area contributed by atoms with Gasteiger partial charge in [0.1, 0.15) is 5.39 Å². The molecule has 4 N–H and O–H groups in total. The molecular weight excluding hydrogens is 577 g/mol. The first-order valence-corrected chi connectivity index (χ1v) is 16.8. The zero-order chi connectivity index (χ0) is 28.5. The number of carbonyl (C=O) groups excluding carboxylic acids is 3. The highest BCUT2D eigenvalue weighted by Crippen LogP contribution is 2.33. The Morgan fingerprint density at radius 3 is 2.58 bits per heavy atom. The van der Waals surface area contributed by atoms with Crippen LogP contribution in [0.1, 0.15) is 37.7 Å². The minimum absolute atomic E-state index is 0.0668. The number of fused-ring (bicyclic) bond motifs is 2. The molecule has 0 bridgehead atoms. The van der Waals surface area contributed by atoms with Crippen LogP contribution in [-0.4, -0.2) is 75.1 Å². The van der Waals surface area contributed by atoms with Gasteiger partial charge in [0.05, 0.1) is 12.1 Å². The van der Waals surface area contributed by atoms with E-state index in [2.05, 4.69) is 30.7 Å². The third-order valence-corrected chi connectivity index (χ3v) is 10.7. The molecule has 4 rings (SSSR count). The number of nitrogens with zero attached hydrogens (tertiary/aromatic N) is 2. The number of aromatic nitrogens is 2. The molecule has 1 unspecified atom stereocenters. The second-order valence-electron chi connectivity index (χ2n) is 9.64. The topological polar surface area (TPSA) is 164 Å². The number of urea groups is 1. The first-order valence-electron chi connectivity index (χ1n) is 13.3. The van der Waals surface area contributed by atoms with Crippen LogP contribution < -0.4 is 32.6 Å². The zero-order valence-electron chi connectivity index (χ0n) is 22.2. The molecular formula is C25H34N6O6S3. The molecule has 3 atom stereocenters. The van der Waals surface area contributed by atoms with Crippen LogP contribution in [0.2, 0.25) is 0 Å². The Bertz CT molecular complexity index is 1330. The van der Waals surface area contributed by atoms with Gasteiger partial charge in [-0.25, -0.2) is 19.4 Å². The van der Waals surface area contributed by atoms with Gasteiger partial charge in [-0.1, -0.05) is 28.0 Å². The molecule has 2 saturated heterocycles. The lowest BCUT2D eigenvalue weighted by Gasteiger charge is -2.16. The van der Waals surface area contributed by atoms with E-state index >= 15 is 0 Å². The Labute approximate surface area is 243 Å². The summed E-state index contributed by atoms with van der Waals surface area (Å²) in [4.78, 5) is 63.3. The molecule has 0 radical (unpaired) electrons. The molecule has 2 aromatic rings. The SMILES string of the molecule is Cn1c(=O)oc(=O)c2cc(CCC(=O)NCCSSCCNC(=O)CCCCC3SC[C@@H]4NC(=O)N[C@H]34)cnc21. The van der Waals surface area contributed by atoms with Crippen molar-refractivity contribution in [1.82, 2.24) is 30.8 Å². The maximum Gasteiger partial charge on any atom is 0.423 e. The summed E-state index contributed by atoms with van der Waals surface area (Å²) in [5.74, 6) is 1.69. The van der Waals surface area contributed by atoms with Crippen molar-refractivity contribution in [3.63, 3.8) is 0 Å². The predicted molar refractivity (Wildman–Crippen MR) is 159 cm³/mol. The first-order chi connectivity index (χ1) is 19.3. The van der Waals surface area contributed by atoms with E-state index in [0.29, 0.717) is 36.7 Å². The molecule has 40 heavy (non-hydrogen) atoms. The largest absolute Gasteiger partial charge is 0.423 e. The molecule has 12 nitrogen and oxygen atoms in total. The van der Waals surface area contributed by atoms with E-state index in [9.17, 15) is 24.0 Å². The van der Waals surface area contributed by atoms with Gasteiger partial charge in [-0.3, -0.25) is 14.2 Å². The van der Waals surface area contributed by atoms with E-state index in [4.69, 9.17) is 0 Å². The summed E-state index contributed by atoms with van der Waals surface area (Å²) >= 11 is 1.89. The normalized spacial score (nSPS) is 19.7. The standard InChI is InChI=1S/C25H34N6O6S3/c1-31-22-16(23(34)37-25(31)36)12-15(13-28-22)6-7-20(33)27-9-11-40-39-10-8-26-19(32)5-3-2-4-18-21-17(14-38-18)29-24(35)30-21/h12-13,17-18,21H,2-11,14H2,1H3,(H,26,32)(H,27,33)(H2,29,30,35)/t17-,18?,21-/m0/s1. The maximum absolute atomic E-state index is 12.2. The van der Waals surface area contributed by atoms with E-state index in [1.807, 2.05) is 11.8 Å². The average molecular weight is 611 g/mol. The highest BCUT2D eigenvalue weighted by molar-refractivity contribution is 8.76. The van der Waals surface area contributed by atoms with Crippen molar-refractivity contribution in [2.75, 3.05) is 30.3 Å². The summed E-state index contributed by atoms with van der Waals surface area (Å²) in [6.07, 6.45) is 5.56. The van der Waals surface area contributed by atoms with Crippen molar-refractivity contribution in [2.24, 2.45) is 7.05 Å². The van der Waals surface area contributed by atoms with E-state index in [1.54, 1.807) is 33.9 Å². The molecule has 0 spiro atoms. The number of nitrogens with one attached hydrogen (secondary N) is 4. The van der Waals surface area contributed by atoms with Gasteiger partial charge in [0.25, 0.3) is 0 Å². The van der Waals surface area contributed by atoms with Crippen molar-refractivity contribution < 1.29 is 18.8 Å². The molecule has 2 fully saturated rings. The van der Waals surface area contributed by atoms with Crippen molar-refractivity contribution in [3.8, 4) is 0 Å². The van der Waals surface area contributed by atoms with Crippen LogP contribution >= 0.6 is 33.3 Å². The van der Waals surface area contributed by atoms with Crippen LogP contribution in [0.3, 0.4) is 0 Å². The van der Waals surface area contributed by atoms with E-state index < -0.39 is 11.4 Å². The van der Waals surface area contributed by atoms with Gasteiger partial charge in [-0.2, -0.15) is 11.8 Å². The minimum atomic E-state index is -0.766. The highest BCUT2D eigenvalue weighted by Gasteiger charge is 2.42. The molecule has 2 aliphatic heterocycles. The minimum Gasteiger partial charge on any atom is -0.372 e. The van der Waals surface area contributed by atoms with Crippen LogP contribution in [0.15, 0.2) is 26.3 Å². The van der Waals surface area contributed by atoms with Crippen LogP contribution in [0.5, 0.6) is 0 Å². The van der Waals surface area contributed by atoms with Crippen LogP contribution in [-0.2, 0) is 23.1 Å². The quantitative estimate of drug-likeness (QED) is 0.131. The Balaban J connectivity index is 0.983. The van der Waals surface area contributed by atoms with E-state index in [0.717, 1.165) is 36.5 Å². The summed E-state index contributed by atoms with van der Waals surface area (Å²) in [5.41, 5.74) is 0.219. The lowest BCUT2D eigenvalue weighted by molar-refractivity contribution is -0.121. The number of carbonyl (C=O) groups is 3. The number of rotatable bonds is 15. The number of thioether (sulfide) groups is 1. The Hall–Kier alpha value is -2.65. The lowest BCUT2D eigenvalue weighted by atomic mass is 10.0. The van der Waals surface area contributed by atoms with Crippen molar-refractivity contribution in [2.45, 2.75) is 55.9 Å². The van der Waals surface area contributed by atoms with Gasteiger partial charge in [0.15, 0.2) is 5.65 Å². The molecule has 2 aromatic heterocycles. The Morgan fingerprint density at radius 1 is 1.10 bits per heavy atom. The molecule has 4 amide bonds. The van der Waals surface area contributed by atoms with Crippen molar-refractivity contribution >= 4 is 62.2 Å². The average Bonchev–Trinajstić information content (AvgIpc) is 3.49. The van der Waals surface area contributed by atoms with E-state index in [-0.39, 0.29) is 47.4 Å². The fraction of sp³-hybridized carbons (Fsp3) is 0.600. The van der Waals surface area contributed by atoms with E-state index in [1.165, 1.54) is 11.6 Å². The predicted octanol–water partition coefficient (Wildman–Crippen LogP) is 1.16. The summed E-state index contributed by atoms with van der Waals surface area (Å²) < 4.78 is 5.83. The number of pyridine rings is 1. The summed E-state index contributed by atoms with van der Waals surface area (Å²) in [7, 11) is 4.77. The van der Waals surface area contributed by atoms with Gasteiger partial charge in [0, 0.05) is 61.7 Å². The number of unbranched alkanes of at least 4 members (excludes halogenated alkanes) is 1. The molecule has 0 aliphatic carbocycles. The number of aryl methyl sites for hydroxylation is 2. The van der Waals surface area contributed by atoms with Gasteiger partial charge >= 0.3 is 17.4 Å². The fourth-order valence-electron chi connectivity index (χ4n) is 4.64. The van der Waals surface area contributed by atoms with Crippen LogP contribution in [0.4, 0.5) is 4.79 Å². The van der Waals surface area contributed by atoms with Gasteiger partial charge in [-0.15, -0.1) is 0 Å². The third-order valence-electron chi connectivity index (χ3n) is 6.73. The molecule has 4 heterocycles. The van der Waals surface area contributed by atoms with Gasteiger partial charge in [-0.05, 0) is 30.9 Å². The summed E-state index contributed by atoms with van der Waals surface area (Å²) in [6.45, 7) is 1.14. The molecule has 0 aromatic carbocycles. The fourth-order valence-corrected chi connectivity index (χ4v) is 7.99. The van der Waals surface area contributed by atoms with Crippen LogP contribution in [0.25, 0.3) is 11.0 Å². The van der Waals surface area contributed by atoms with Crippen molar-refractivity contribution in [3.05, 3.63) is 38.8 Å². The molecule has 0 saturated carbocycles. The molecule has 218 valence electrons. The first kappa shape index (κ1) is 30.3. The zero-order valence-corrected chi connectivity index (χ0v) is 24.7. The molecule has 2 aliphatic rings. The second-order valence-corrected chi connectivity index (χ2v) is 13.6. The monoisotopic (exact) mass is 610 g/mol. The third kappa shape index (κ3) is 8.43. The Morgan fingerprint density at radius 2 is 1.82 bits per heavy atom. The highest BCUT2D eigenvalue weighted by atomic mass is 33.1. The van der Waals surface area contributed by atoms with Crippen molar-refractivity contribution in [1.29, 1.82) is 0 Å². The van der Waals surface area contributed by atoms with Crippen LogP contribution in [0, 0.1) is 0 Å². The summed E-state index contributed by atoms with van der Waals surface area (Å²) in [5, 5.41) is 12.4. The number of hydrogen-bond acceptors (Lipinski definition) is 10. The van der Waals surface area contributed by atoms with Gasteiger partial charge < -0.3 is 25.7 Å². The lowest BCUT2D eigenvalue weighted by Crippen LogP contribution is -2.36. The van der Waals surface area contributed by atoms with Gasteiger partial charge in [0.2, 0.25) is 11.8 Å².